The first kappa shape index (κ1) is 14.5. The molecule has 0 unspecified atom stereocenters. The SMILES string of the molecule is Cc1nc(CNC(=O)Nc2ccc(C(=O)O)c(C)c2)no1. The number of nitrogens with zero attached hydrogens (tertiary/aromatic N) is 2. The normalized spacial score (nSPS) is 10.2. The molecule has 2 rings (SSSR count). The van der Waals surface area contributed by atoms with Crippen LogP contribution >= 0.6 is 0 Å². The molecular weight excluding hydrogens is 276 g/mol. The Morgan fingerprint density at radius 2 is 2.10 bits per heavy atom. The van der Waals surface area contributed by atoms with Crippen molar-refractivity contribution in [3.05, 3.63) is 41.0 Å². The molecule has 1 heterocycles. The van der Waals surface area contributed by atoms with E-state index < -0.39 is 12.0 Å². The van der Waals surface area contributed by atoms with Gasteiger partial charge in [-0.3, -0.25) is 0 Å². The van der Waals surface area contributed by atoms with Crippen LogP contribution in [0.2, 0.25) is 0 Å². The van der Waals surface area contributed by atoms with Gasteiger partial charge in [0.25, 0.3) is 0 Å². The summed E-state index contributed by atoms with van der Waals surface area (Å²) in [6.45, 7) is 3.45. The van der Waals surface area contributed by atoms with Gasteiger partial charge in [0.15, 0.2) is 5.82 Å². The number of aromatic nitrogens is 2. The van der Waals surface area contributed by atoms with E-state index in [1.165, 1.54) is 12.1 Å². The predicted octanol–water partition coefficient (Wildman–Crippen LogP) is 1.71. The maximum atomic E-state index is 11.7. The lowest BCUT2D eigenvalue weighted by Gasteiger charge is -2.08. The number of carbonyl (C=O) groups is 2. The molecule has 1 aromatic carbocycles. The molecule has 0 aliphatic carbocycles. The van der Waals surface area contributed by atoms with E-state index in [4.69, 9.17) is 9.63 Å². The van der Waals surface area contributed by atoms with Gasteiger partial charge in [0, 0.05) is 12.6 Å². The summed E-state index contributed by atoms with van der Waals surface area (Å²) in [7, 11) is 0. The first-order chi connectivity index (χ1) is 9.95. The summed E-state index contributed by atoms with van der Waals surface area (Å²) in [6.07, 6.45) is 0. The second-order valence-corrected chi connectivity index (χ2v) is 4.37. The largest absolute Gasteiger partial charge is 0.478 e. The minimum absolute atomic E-state index is 0.134. The molecule has 2 amide bonds. The third-order valence-corrected chi connectivity index (χ3v) is 2.69. The molecule has 8 nitrogen and oxygen atoms in total. The molecule has 0 saturated carbocycles. The number of aromatic carboxylic acids is 1. The van der Waals surface area contributed by atoms with Gasteiger partial charge >= 0.3 is 12.0 Å². The van der Waals surface area contributed by atoms with Gasteiger partial charge < -0.3 is 20.3 Å². The highest BCUT2D eigenvalue weighted by atomic mass is 16.5. The lowest BCUT2D eigenvalue weighted by Crippen LogP contribution is -2.28. The Kier molecular flexibility index (Phi) is 4.17. The zero-order valence-corrected chi connectivity index (χ0v) is 11.5. The van der Waals surface area contributed by atoms with Crippen molar-refractivity contribution in [1.82, 2.24) is 15.5 Å². The van der Waals surface area contributed by atoms with Crippen molar-refractivity contribution in [3.8, 4) is 0 Å². The quantitative estimate of drug-likeness (QED) is 0.789. The van der Waals surface area contributed by atoms with Gasteiger partial charge in [0.05, 0.1) is 12.1 Å². The molecule has 0 radical (unpaired) electrons. The highest BCUT2D eigenvalue weighted by Gasteiger charge is 2.09. The number of amides is 2. The third kappa shape index (κ3) is 3.78. The zero-order chi connectivity index (χ0) is 15.4. The standard InChI is InChI=1S/C13H14N4O4/c1-7-5-9(3-4-10(7)12(18)19)16-13(20)14-6-11-15-8(2)21-17-11/h3-5H,6H2,1-2H3,(H,18,19)(H2,14,16,20). The molecule has 3 N–H and O–H groups in total. The number of carboxylic acid groups (broad SMARTS) is 1. The highest BCUT2D eigenvalue weighted by molar-refractivity contribution is 5.92. The number of hydrogen-bond acceptors (Lipinski definition) is 5. The first-order valence-electron chi connectivity index (χ1n) is 6.13. The Morgan fingerprint density at radius 1 is 1.33 bits per heavy atom. The number of anilines is 1. The monoisotopic (exact) mass is 290 g/mol. The van der Waals surface area contributed by atoms with E-state index in [-0.39, 0.29) is 12.1 Å². The van der Waals surface area contributed by atoms with Crippen LogP contribution in [0.25, 0.3) is 0 Å². The van der Waals surface area contributed by atoms with Gasteiger partial charge in [-0.2, -0.15) is 4.98 Å². The van der Waals surface area contributed by atoms with E-state index in [2.05, 4.69) is 20.8 Å². The van der Waals surface area contributed by atoms with Crippen LogP contribution in [-0.4, -0.2) is 27.2 Å². The Labute approximate surface area is 120 Å². The summed E-state index contributed by atoms with van der Waals surface area (Å²) >= 11 is 0. The second-order valence-electron chi connectivity index (χ2n) is 4.37. The number of benzene rings is 1. The minimum Gasteiger partial charge on any atom is -0.478 e. The van der Waals surface area contributed by atoms with Crippen LogP contribution in [0.4, 0.5) is 10.5 Å². The predicted molar refractivity (Wildman–Crippen MR) is 73.0 cm³/mol. The zero-order valence-electron chi connectivity index (χ0n) is 11.5. The van der Waals surface area contributed by atoms with E-state index in [1.807, 2.05) is 0 Å². The van der Waals surface area contributed by atoms with Crippen molar-refractivity contribution < 1.29 is 19.2 Å². The van der Waals surface area contributed by atoms with Gasteiger partial charge in [-0.05, 0) is 30.7 Å². The van der Waals surface area contributed by atoms with Crippen molar-refractivity contribution >= 4 is 17.7 Å². The molecule has 2 aromatic rings. The minimum atomic E-state index is -1.00. The maximum absolute atomic E-state index is 11.7. The molecular formula is C13H14N4O4. The Hall–Kier alpha value is -2.90. The average Bonchev–Trinajstić information content (AvgIpc) is 2.82. The molecule has 1 aromatic heterocycles. The molecule has 0 aliphatic heterocycles. The van der Waals surface area contributed by atoms with Crippen molar-refractivity contribution in [2.45, 2.75) is 20.4 Å². The summed E-state index contributed by atoms with van der Waals surface area (Å²) in [5.74, 6) is -0.205. The van der Waals surface area contributed by atoms with Crippen molar-refractivity contribution in [2.75, 3.05) is 5.32 Å². The third-order valence-electron chi connectivity index (χ3n) is 2.69. The lowest BCUT2D eigenvalue weighted by molar-refractivity contribution is 0.0696. The molecule has 8 heteroatoms. The molecule has 0 spiro atoms. The number of carbonyl (C=O) groups excluding carboxylic acids is 1. The number of nitrogens with one attached hydrogen (secondary N) is 2. The number of urea groups is 1. The average molecular weight is 290 g/mol. The Bertz CT molecular complexity index is 681. The number of aryl methyl sites for hydroxylation is 2. The summed E-state index contributed by atoms with van der Waals surface area (Å²) in [5.41, 5.74) is 1.26. The molecule has 0 bridgehead atoms. The summed E-state index contributed by atoms with van der Waals surface area (Å²) in [6, 6.07) is 4.10. The molecule has 21 heavy (non-hydrogen) atoms. The molecule has 110 valence electrons. The van der Waals surface area contributed by atoms with Crippen LogP contribution < -0.4 is 10.6 Å². The number of carboxylic acids is 1. The van der Waals surface area contributed by atoms with E-state index in [1.54, 1.807) is 19.9 Å². The maximum Gasteiger partial charge on any atom is 0.335 e. The van der Waals surface area contributed by atoms with Gasteiger partial charge in [-0.15, -0.1) is 0 Å². The Balaban J connectivity index is 1.93. The topological polar surface area (TPSA) is 117 Å². The van der Waals surface area contributed by atoms with Crippen molar-refractivity contribution in [1.29, 1.82) is 0 Å². The summed E-state index contributed by atoms with van der Waals surface area (Å²) in [5, 5.41) is 17.7. The van der Waals surface area contributed by atoms with Gasteiger partial charge in [0.2, 0.25) is 5.89 Å². The highest BCUT2D eigenvalue weighted by Crippen LogP contribution is 2.15. The Morgan fingerprint density at radius 3 is 2.67 bits per heavy atom. The van der Waals surface area contributed by atoms with Crippen molar-refractivity contribution in [3.63, 3.8) is 0 Å². The fraction of sp³-hybridized carbons (Fsp3) is 0.231. The summed E-state index contributed by atoms with van der Waals surface area (Å²) in [4.78, 5) is 26.5. The fourth-order valence-corrected chi connectivity index (χ4v) is 1.73. The summed E-state index contributed by atoms with van der Waals surface area (Å²) < 4.78 is 4.78. The smallest absolute Gasteiger partial charge is 0.335 e. The molecule has 0 fully saturated rings. The van der Waals surface area contributed by atoms with E-state index >= 15 is 0 Å². The van der Waals surface area contributed by atoms with Crippen LogP contribution in [0, 0.1) is 13.8 Å². The second kappa shape index (κ2) is 6.04. The number of hydrogen-bond donors (Lipinski definition) is 3. The van der Waals surface area contributed by atoms with Crippen LogP contribution in [-0.2, 0) is 6.54 Å². The fourth-order valence-electron chi connectivity index (χ4n) is 1.73. The van der Waals surface area contributed by atoms with Crippen LogP contribution in [0.15, 0.2) is 22.7 Å². The van der Waals surface area contributed by atoms with Crippen molar-refractivity contribution in [2.24, 2.45) is 0 Å². The van der Waals surface area contributed by atoms with Gasteiger partial charge in [-0.25, -0.2) is 9.59 Å². The molecule has 0 saturated heterocycles. The lowest BCUT2D eigenvalue weighted by atomic mass is 10.1. The van der Waals surface area contributed by atoms with Gasteiger partial charge in [-0.1, -0.05) is 5.16 Å². The first-order valence-corrected chi connectivity index (χ1v) is 6.13. The number of rotatable bonds is 4. The van der Waals surface area contributed by atoms with E-state index in [0.29, 0.717) is 23.0 Å². The van der Waals surface area contributed by atoms with Crippen LogP contribution in [0.5, 0.6) is 0 Å². The van der Waals surface area contributed by atoms with Crippen LogP contribution in [0.1, 0.15) is 27.6 Å². The molecule has 0 aliphatic rings. The van der Waals surface area contributed by atoms with Gasteiger partial charge in [0.1, 0.15) is 0 Å². The van der Waals surface area contributed by atoms with Crippen LogP contribution in [0.3, 0.4) is 0 Å². The van der Waals surface area contributed by atoms with E-state index in [9.17, 15) is 9.59 Å². The molecule has 0 atom stereocenters. The van der Waals surface area contributed by atoms with E-state index in [0.717, 1.165) is 0 Å².